The van der Waals surface area contributed by atoms with E-state index in [9.17, 15) is 13.2 Å². The number of nitrogens with zero attached hydrogens (tertiary/aromatic N) is 3. The molecule has 0 atom stereocenters. The number of fused-ring (bicyclic) bond motifs is 2. The van der Waals surface area contributed by atoms with Crippen molar-refractivity contribution < 1.29 is 13.2 Å². The first-order chi connectivity index (χ1) is 16.5. The number of halogens is 1. The molecule has 0 bridgehead atoms. The Morgan fingerprint density at radius 2 is 1.86 bits per heavy atom. The lowest BCUT2D eigenvalue weighted by Gasteiger charge is -2.15. The smallest absolute Gasteiger partial charge is 0.263 e. The fourth-order valence-electron chi connectivity index (χ4n) is 3.73. The Morgan fingerprint density at radius 1 is 1.06 bits per heavy atom. The first-order valence-electron chi connectivity index (χ1n) is 10.7. The molecule has 0 unspecified atom stereocenters. The van der Waals surface area contributed by atoms with Crippen LogP contribution in [0.25, 0.3) is 33.3 Å². The second-order valence-electron chi connectivity index (χ2n) is 9.12. The number of rotatable bonds is 5. The van der Waals surface area contributed by atoms with Crippen molar-refractivity contribution in [2.24, 2.45) is 5.41 Å². The standard InChI is InChI=1S/C24H21ClN6O3S/c1-24(2,3)22(32)16-11-28-23-21(16)30-19(12-29-23)13-8-17-15(6-7-26-17)18(9-13)31-35(33,34)14-4-5-20(25)27-10-14/h4-12,26,31H,1-3H3,(H,28,29). The maximum absolute atomic E-state index is 13.0. The number of nitrogens with one attached hydrogen (secondary N) is 3. The predicted molar refractivity (Wildman–Crippen MR) is 135 cm³/mol. The summed E-state index contributed by atoms with van der Waals surface area (Å²) < 4.78 is 28.6. The number of benzene rings is 1. The number of H-pyrrole nitrogens is 2. The van der Waals surface area contributed by atoms with Gasteiger partial charge in [0.05, 0.1) is 23.1 Å². The number of ketones is 1. The largest absolute Gasteiger partial charge is 0.361 e. The highest BCUT2D eigenvalue weighted by molar-refractivity contribution is 7.92. The molecule has 5 rings (SSSR count). The molecule has 0 aliphatic heterocycles. The number of carbonyl (C=O) groups excluding carboxylic acids is 1. The van der Waals surface area contributed by atoms with Crippen molar-refractivity contribution in [3.05, 3.63) is 65.8 Å². The van der Waals surface area contributed by atoms with Gasteiger partial charge < -0.3 is 9.97 Å². The number of aromatic amines is 2. The summed E-state index contributed by atoms with van der Waals surface area (Å²) in [5.74, 6) is -0.0555. The molecule has 0 fully saturated rings. The Bertz CT molecular complexity index is 1700. The third kappa shape index (κ3) is 4.26. The van der Waals surface area contributed by atoms with E-state index in [4.69, 9.17) is 16.6 Å². The Hall–Kier alpha value is -3.76. The van der Waals surface area contributed by atoms with E-state index in [0.29, 0.717) is 44.6 Å². The summed E-state index contributed by atoms with van der Waals surface area (Å²) >= 11 is 5.80. The highest BCUT2D eigenvalue weighted by Crippen LogP contribution is 2.32. The molecule has 0 spiro atoms. The zero-order chi connectivity index (χ0) is 25.0. The fourth-order valence-corrected chi connectivity index (χ4v) is 4.86. The third-order valence-corrected chi connectivity index (χ3v) is 7.10. The van der Waals surface area contributed by atoms with Gasteiger partial charge in [0.1, 0.15) is 15.6 Å². The van der Waals surface area contributed by atoms with E-state index in [-0.39, 0.29) is 15.8 Å². The maximum atomic E-state index is 13.0. The molecule has 0 aliphatic rings. The summed E-state index contributed by atoms with van der Waals surface area (Å²) in [5, 5.41) is 0.875. The number of hydrogen-bond acceptors (Lipinski definition) is 6. The predicted octanol–water partition coefficient (Wildman–Crippen LogP) is 5.18. The summed E-state index contributed by atoms with van der Waals surface area (Å²) in [4.78, 5) is 32.0. The van der Waals surface area contributed by atoms with E-state index in [1.807, 2.05) is 26.8 Å². The van der Waals surface area contributed by atoms with E-state index in [1.165, 1.54) is 18.3 Å². The van der Waals surface area contributed by atoms with Gasteiger partial charge in [-0.05, 0) is 30.3 Å². The minimum Gasteiger partial charge on any atom is -0.361 e. The molecule has 178 valence electrons. The molecule has 3 N–H and O–H groups in total. The molecule has 35 heavy (non-hydrogen) atoms. The zero-order valence-corrected chi connectivity index (χ0v) is 20.6. The minimum atomic E-state index is -3.93. The quantitative estimate of drug-likeness (QED) is 0.221. The van der Waals surface area contributed by atoms with E-state index in [2.05, 4.69) is 24.7 Å². The molecular formula is C24H21ClN6O3S. The lowest BCUT2D eigenvalue weighted by Crippen LogP contribution is -2.20. The molecular weight excluding hydrogens is 488 g/mol. The van der Waals surface area contributed by atoms with Gasteiger partial charge >= 0.3 is 0 Å². The van der Waals surface area contributed by atoms with Gasteiger partial charge in [-0.25, -0.2) is 23.4 Å². The first-order valence-corrected chi connectivity index (χ1v) is 12.5. The topological polar surface area (TPSA) is 133 Å². The number of anilines is 1. The first kappa shape index (κ1) is 23.0. The zero-order valence-electron chi connectivity index (χ0n) is 19.0. The van der Waals surface area contributed by atoms with Gasteiger partial charge in [-0.3, -0.25) is 9.52 Å². The lowest BCUT2D eigenvalue weighted by atomic mass is 9.87. The van der Waals surface area contributed by atoms with Crippen LogP contribution in [0.2, 0.25) is 5.15 Å². The van der Waals surface area contributed by atoms with Gasteiger partial charge in [0, 0.05) is 40.5 Å². The van der Waals surface area contributed by atoms with Crippen LogP contribution in [0.4, 0.5) is 5.69 Å². The Morgan fingerprint density at radius 3 is 2.57 bits per heavy atom. The average Bonchev–Trinajstić information content (AvgIpc) is 3.44. The average molecular weight is 509 g/mol. The van der Waals surface area contributed by atoms with Gasteiger partial charge in [-0.1, -0.05) is 32.4 Å². The van der Waals surface area contributed by atoms with Gasteiger partial charge in [-0.2, -0.15) is 0 Å². The van der Waals surface area contributed by atoms with Crippen LogP contribution in [0, 0.1) is 5.41 Å². The van der Waals surface area contributed by atoms with Crippen LogP contribution in [0.3, 0.4) is 0 Å². The van der Waals surface area contributed by atoms with Crippen LogP contribution in [0.5, 0.6) is 0 Å². The molecule has 4 aromatic heterocycles. The molecule has 11 heteroatoms. The van der Waals surface area contributed by atoms with E-state index in [1.54, 1.807) is 30.7 Å². The normalized spacial score (nSPS) is 12.3. The van der Waals surface area contributed by atoms with Crippen molar-refractivity contribution in [3.8, 4) is 11.3 Å². The number of pyridine rings is 1. The van der Waals surface area contributed by atoms with Crippen LogP contribution in [-0.2, 0) is 10.0 Å². The SMILES string of the molecule is CC(C)(C)C(=O)c1c[nH]c2ncc(-c3cc(NS(=O)(=O)c4ccc(Cl)nc4)c4cc[nH]c4c3)nc12. The molecule has 9 nitrogen and oxygen atoms in total. The number of hydrogen-bond donors (Lipinski definition) is 3. The second-order valence-corrected chi connectivity index (χ2v) is 11.2. The van der Waals surface area contributed by atoms with Crippen LogP contribution in [-0.4, -0.2) is 39.1 Å². The van der Waals surface area contributed by atoms with Crippen molar-refractivity contribution in [2.75, 3.05) is 4.72 Å². The summed E-state index contributed by atoms with van der Waals surface area (Å²) in [6.45, 7) is 5.54. The third-order valence-electron chi connectivity index (χ3n) is 5.53. The molecule has 4 heterocycles. The molecule has 0 radical (unpaired) electrons. The van der Waals surface area contributed by atoms with Crippen LogP contribution in [0.1, 0.15) is 31.1 Å². The van der Waals surface area contributed by atoms with E-state index >= 15 is 0 Å². The summed E-state index contributed by atoms with van der Waals surface area (Å²) in [7, 11) is -3.93. The molecule has 0 amide bonds. The Balaban J connectivity index is 1.61. The monoisotopic (exact) mass is 508 g/mol. The fraction of sp³-hybridized carbons (Fsp3) is 0.167. The van der Waals surface area contributed by atoms with Gasteiger partial charge in [0.2, 0.25) is 0 Å². The van der Waals surface area contributed by atoms with Crippen molar-refractivity contribution in [1.82, 2.24) is 24.9 Å². The van der Waals surface area contributed by atoms with Gasteiger partial charge in [0.15, 0.2) is 11.4 Å². The molecule has 0 saturated carbocycles. The molecule has 0 saturated heterocycles. The number of sulfonamides is 1. The van der Waals surface area contributed by atoms with Crippen molar-refractivity contribution in [2.45, 2.75) is 25.7 Å². The minimum absolute atomic E-state index is 0.0187. The van der Waals surface area contributed by atoms with Crippen molar-refractivity contribution in [3.63, 3.8) is 0 Å². The summed E-state index contributed by atoms with van der Waals surface area (Å²) in [5.41, 5.74) is 3.01. The van der Waals surface area contributed by atoms with Crippen LogP contribution in [0.15, 0.2) is 60.0 Å². The van der Waals surface area contributed by atoms with Crippen molar-refractivity contribution in [1.29, 1.82) is 0 Å². The highest BCUT2D eigenvalue weighted by atomic mass is 35.5. The van der Waals surface area contributed by atoms with Crippen LogP contribution < -0.4 is 4.72 Å². The number of carbonyl (C=O) groups is 1. The van der Waals surface area contributed by atoms with Gasteiger partial charge in [0.25, 0.3) is 10.0 Å². The highest BCUT2D eigenvalue weighted by Gasteiger charge is 2.26. The molecule has 5 aromatic rings. The van der Waals surface area contributed by atoms with E-state index < -0.39 is 15.4 Å². The molecule has 1 aromatic carbocycles. The Labute approximate surface area is 206 Å². The van der Waals surface area contributed by atoms with Crippen LogP contribution >= 0.6 is 11.6 Å². The number of Topliss-reactive ketones (excluding diaryl/α,β-unsaturated/α-hetero) is 1. The van der Waals surface area contributed by atoms with Crippen molar-refractivity contribution >= 4 is 55.2 Å². The lowest BCUT2D eigenvalue weighted by molar-refractivity contribution is 0.0860. The van der Waals surface area contributed by atoms with Gasteiger partial charge in [-0.15, -0.1) is 0 Å². The second kappa shape index (κ2) is 8.17. The number of aromatic nitrogens is 5. The summed E-state index contributed by atoms with van der Waals surface area (Å²) in [6, 6.07) is 8.11. The Kier molecular flexibility index (Phi) is 5.37. The molecule has 0 aliphatic carbocycles. The van der Waals surface area contributed by atoms with E-state index in [0.717, 1.165) is 0 Å². The summed E-state index contributed by atoms with van der Waals surface area (Å²) in [6.07, 6.45) is 6.12. The maximum Gasteiger partial charge on any atom is 0.263 e.